The normalized spacial score (nSPS) is 9.82. The van der Waals surface area contributed by atoms with Gasteiger partial charge in [-0.15, -0.1) is 0 Å². The number of hydrogen-bond acceptors (Lipinski definition) is 1. The SMILES string of the molecule is [CH2]c1ccc(OC)c(Cl)c1Cl. The van der Waals surface area contributed by atoms with Gasteiger partial charge in [-0.1, -0.05) is 29.3 Å². The minimum atomic E-state index is 0.418. The molecule has 0 aliphatic rings. The number of halogens is 2. The van der Waals surface area contributed by atoms with Crippen molar-refractivity contribution in [2.24, 2.45) is 0 Å². The van der Waals surface area contributed by atoms with E-state index in [1.807, 2.05) is 0 Å². The Morgan fingerprint density at radius 2 is 1.91 bits per heavy atom. The Hall–Kier alpha value is -0.400. The van der Waals surface area contributed by atoms with Crippen LogP contribution in [0.2, 0.25) is 10.0 Å². The van der Waals surface area contributed by atoms with Gasteiger partial charge in [0.25, 0.3) is 0 Å². The average molecular weight is 190 g/mol. The molecule has 0 aromatic heterocycles. The fraction of sp³-hybridized carbons (Fsp3) is 0.125. The highest BCUT2D eigenvalue weighted by Gasteiger charge is 2.06. The van der Waals surface area contributed by atoms with Crippen molar-refractivity contribution in [2.45, 2.75) is 0 Å². The molecule has 0 saturated carbocycles. The highest BCUT2D eigenvalue weighted by atomic mass is 35.5. The van der Waals surface area contributed by atoms with E-state index in [-0.39, 0.29) is 0 Å². The Labute approximate surface area is 75.9 Å². The highest BCUT2D eigenvalue weighted by Crippen LogP contribution is 2.33. The molecule has 0 atom stereocenters. The summed E-state index contributed by atoms with van der Waals surface area (Å²) in [6.45, 7) is 3.68. The summed E-state index contributed by atoms with van der Waals surface area (Å²) in [6.07, 6.45) is 0. The number of ether oxygens (including phenoxy) is 1. The molecule has 59 valence electrons. The van der Waals surface area contributed by atoms with E-state index in [1.165, 1.54) is 0 Å². The van der Waals surface area contributed by atoms with E-state index in [0.717, 1.165) is 0 Å². The first-order valence-corrected chi connectivity index (χ1v) is 3.76. The topological polar surface area (TPSA) is 9.23 Å². The highest BCUT2D eigenvalue weighted by molar-refractivity contribution is 6.43. The molecule has 1 radical (unpaired) electrons. The molecule has 1 rings (SSSR count). The minimum absolute atomic E-state index is 0.418. The molecule has 0 N–H and O–H groups in total. The number of methoxy groups -OCH3 is 1. The van der Waals surface area contributed by atoms with Crippen molar-refractivity contribution in [1.82, 2.24) is 0 Å². The van der Waals surface area contributed by atoms with Gasteiger partial charge in [0.2, 0.25) is 0 Å². The zero-order chi connectivity index (χ0) is 8.43. The molecule has 0 heterocycles. The summed E-state index contributed by atoms with van der Waals surface area (Å²) in [7, 11) is 1.54. The molecular formula is C8H7Cl2O. The van der Waals surface area contributed by atoms with Gasteiger partial charge in [0.15, 0.2) is 0 Å². The van der Waals surface area contributed by atoms with Crippen LogP contribution in [-0.2, 0) is 0 Å². The summed E-state index contributed by atoms with van der Waals surface area (Å²) >= 11 is 11.6. The zero-order valence-electron chi connectivity index (χ0n) is 6.03. The van der Waals surface area contributed by atoms with Gasteiger partial charge in [-0.25, -0.2) is 0 Å². The van der Waals surface area contributed by atoms with E-state index in [4.69, 9.17) is 27.9 Å². The van der Waals surface area contributed by atoms with Crippen molar-refractivity contribution in [2.75, 3.05) is 7.11 Å². The van der Waals surface area contributed by atoms with Crippen LogP contribution in [0, 0.1) is 6.92 Å². The smallest absolute Gasteiger partial charge is 0.138 e. The van der Waals surface area contributed by atoms with Crippen LogP contribution in [0.3, 0.4) is 0 Å². The average Bonchev–Trinajstić information content (AvgIpc) is 2.01. The maximum absolute atomic E-state index is 5.80. The van der Waals surface area contributed by atoms with E-state index in [0.29, 0.717) is 21.4 Å². The Kier molecular flexibility index (Phi) is 2.63. The fourth-order valence-electron chi connectivity index (χ4n) is 0.729. The Balaban J connectivity index is 3.25. The van der Waals surface area contributed by atoms with Crippen molar-refractivity contribution < 1.29 is 4.74 Å². The number of hydrogen-bond donors (Lipinski definition) is 0. The minimum Gasteiger partial charge on any atom is -0.495 e. The molecule has 0 aliphatic heterocycles. The largest absolute Gasteiger partial charge is 0.495 e. The summed E-state index contributed by atoms with van der Waals surface area (Å²) in [5.41, 5.74) is 0.706. The van der Waals surface area contributed by atoms with Crippen LogP contribution in [0.15, 0.2) is 12.1 Å². The summed E-state index contributed by atoms with van der Waals surface area (Å²) in [6, 6.07) is 3.49. The van der Waals surface area contributed by atoms with Crippen LogP contribution >= 0.6 is 23.2 Å². The first-order valence-electron chi connectivity index (χ1n) is 3.00. The first-order chi connectivity index (χ1) is 5.16. The summed E-state index contributed by atoms with van der Waals surface area (Å²) in [5.74, 6) is 0.573. The lowest BCUT2D eigenvalue weighted by molar-refractivity contribution is 0.415. The van der Waals surface area contributed by atoms with Gasteiger partial charge < -0.3 is 4.74 Å². The third-order valence-electron chi connectivity index (χ3n) is 1.35. The second kappa shape index (κ2) is 3.33. The summed E-state index contributed by atoms with van der Waals surface area (Å²) < 4.78 is 4.94. The molecule has 1 aromatic carbocycles. The molecule has 1 aromatic rings. The lowest BCUT2D eigenvalue weighted by Gasteiger charge is -2.05. The molecular weight excluding hydrogens is 183 g/mol. The summed E-state index contributed by atoms with van der Waals surface area (Å²) in [5, 5.41) is 0.868. The van der Waals surface area contributed by atoms with Crippen LogP contribution in [0.25, 0.3) is 0 Å². The predicted octanol–water partition coefficient (Wildman–Crippen LogP) is 3.18. The summed E-state index contributed by atoms with van der Waals surface area (Å²) in [4.78, 5) is 0. The second-order valence-electron chi connectivity index (χ2n) is 2.05. The molecule has 11 heavy (non-hydrogen) atoms. The monoisotopic (exact) mass is 189 g/mol. The standard InChI is InChI=1S/C8H7Cl2O/c1-5-3-4-6(11-2)8(10)7(5)9/h3-4H,1H2,2H3. The van der Waals surface area contributed by atoms with Crippen LogP contribution in [0.5, 0.6) is 5.75 Å². The molecule has 0 saturated heterocycles. The van der Waals surface area contributed by atoms with E-state index in [1.54, 1.807) is 19.2 Å². The van der Waals surface area contributed by atoms with Crippen LogP contribution in [0.1, 0.15) is 5.56 Å². The van der Waals surface area contributed by atoms with Gasteiger partial charge >= 0.3 is 0 Å². The van der Waals surface area contributed by atoms with Crippen molar-refractivity contribution >= 4 is 23.2 Å². The third-order valence-corrected chi connectivity index (χ3v) is 2.25. The second-order valence-corrected chi connectivity index (χ2v) is 2.81. The Morgan fingerprint density at radius 1 is 1.27 bits per heavy atom. The molecule has 3 heteroatoms. The zero-order valence-corrected chi connectivity index (χ0v) is 7.54. The first kappa shape index (κ1) is 8.69. The quantitative estimate of drug-likeness (QED) is 0.660. The van der Waals surface area contributed by atoms with Crippen LogP contribution in [0.4, 0.5) is 0 Å². The molecule has 0 amide bonds. The lowest BCUT2D eigenvalue weighted by Crippen LogP contribution is -1.85. The Bertz CT molecular complexity index is 271. The molecule has 0 unspecified atom stereocenters. The van der Waals surface area contributed by atoms with E-state index >= 15 is 0 Å². The fourth-order valence-corrected chi connectivity index (χ4v) is 1.15. The maximum atomic E-state index is 5.80. The number of rotatable bonds is 1. The maximum Gasteiger partial charge on any atom is 0.138 e. The van der Waals surface area contributed by atoms with Gasteiger partial charge in [0.1, 0.15) is 10.8 Å². The lowest BCUT2D eigenvalue weighted by atomic mass is 10.2. The van der Waals surface area contributed by atoms with E-state index in [9.17, 15) is 0 Å². The predicted molar refractivity (Wildman–Crippen MR) is 47.5 cm³/mol. The van der Waals surface area contributed by atoms with Crippen molar-refractivity contribution in [3.05, 3.63) is 34.7 Å². The van der Waals surface area contributed by atoms with Gasteiger partial charge in [-0.2, -0.15) is 0 Å². The molecule has 0 aliphatic carbocycles. The molecule has 0 spiro atoms. The number of benzene rings is 1. The van der Waals surface area contributed by atoms with Gasteiger partial charge in [0, 0.05) is 0 Å². The molecule has 1 nitrogen and oxygen atoms in total. The van der Waals surface area contributed by atoms with E-state index in [2.05, 4.69) is 6.92 Å². The van der Waals surface area contributed by atoms with Crippen molar-refractivity contribution in [3.63, 3.8) is 0 Å². The molecule has 0 fully saturated rings. The van der Waals surface area contributed by atoms with E-state index < -0.39 is 0 Å². The van der Waals surface area contributed by atoms with Crippen molar-refractivity contribution in [3.8, 4) is 5.75 Å². The third kappa shape index (κ3) is 1.60. The van der Waals surface area contributed by atoms with Gasteiger partial charge in [0.05, 0.1) is 12.1 Å². The van der Waals surface area contributed by atoms with Crippen molar-refractivity contribution in [1.29, 1.82) is 0 Å². The Morgan fingerprint density at radius 3 is 2.45 bits per heavy atom. The van der Waals surface area contributed by atoms with Gasteiger partial charge in [-0.05, 0) is 18.6 Å². The van der Waals surface area contributed by atoms with Crippen LogP contribution < -0.4 is 4.74 Å². The van der Waals surface area contributed by atoms with Crippen LogP contribution in [-0.4, -0.2) is 7.11 Å². The van der Waals surface area contributed by atoms with Gasteiger partial charge in [-0.3, -0.25) is 0 Å². The molecule has 0 bridgehead atoms.